The molecule has 0 radical (unpaired) electrons. The van der Waals surface area contributed by atoms with Gasteiger partial charge in [-0.2, -0.15) is 0 Å². The quantitative estimate of drug-likeness (QED) is 0.322. The Bertz CT molecular complexity index is 329. The van der Waals surface area contributed by atoms with Crippen molar-refractivity contribution in [3.63, 3.8) is 0 Å². The predicted molar refractivity (Wildman–Crippen MR) is 53.9 cm³/mol. The summed E-state index contributed by atoms with van der Waals surface area (Å²) in [4.78, 5) is 42.7. The molecule has 0 heterocycles. The third-order valence-electron chi connectivity index (χ3n) is 1.64. The minimum Gasteiger partial charge on any atom is -0.481 e. The number of hydrogen-bond donors (Lipinski definition) is 5. The van der Waals surface area contributed by atoms with Crippen LogP contribution in [0.4, 0.5) is 0 Å². The van der Waals surface area contributed by atoms with Gasteiger partial charge >= 0.3 is 11.9 Å². The summed E-state index contributed by atoms with van der Waals surface area (Å²) in [6.07, 6.45) is -0.744. The van der Waals surface area contributed by atoms with Crippen molar-refractivity contribution in [3.05, 3.63) is 0 Å². The highest BCUT2D eigenvalue weighted by Crippen LogP contribution is 1.92. The number of rotatable bonds is 7. The Morgan fingerprint density at radius 2 is 1.71 bits per heavy atom. The van der Waals surface area contributed by atoms with Gasteiger partial charge in [0.25, 0.3) is 0 Å². The van der Waals surface area contributed by atoms with Crippen LogP contribution in [-0.4, -0.2) is 53.1 Å². The third-order valence-corrected chi connectivity index (χ3v) is 1.64. The highest BCUT2D eigenvalue weighted by Gasteiger charge is 2.22. The Kier molecular flexibility index (Phi) is 6.26. The molecule has 0 aromatic carbocycles. The first-order valence-electron chi connectivity index (χ1n) is 4.57. The lowest BCUT2D eigenvalue weighted by molar-refractivity contribution is -0.147. The zero-order chi connectivity index (χ0) is 13.4. The molecule has 0 unspecified atom stereocenters. The van der Waals surface area contributed by atoms with Gasteiger partial charge in [0.05, 0.1) is 19.5 Å². The summed E-state index contributed by atoms with van der Waals surface area (Å²) in [5, 5.41) is 21.1. The monoisotopic (exact) mass is 247 g/mol. The van der Waals surface area contributed by atoms with Crippen molar-refractivity contribution in [1.29, 1.82) is 0 Å². The van der Waals surface area contributed by atoms with Gasteiger partial charge in [-0.05, 0) is 0 Å². The topological polar surface area (TPSA) is 159 Å². The van der Waals surface area contributed by atoms with E-state index in [0.717, 1.165) is 0 Å². The summed E-state index contributed by atoms with van der Waals surface area (Å²) in [7, 11) is 0. The molecule has 0 aliphatic rings. The average molecular weight is 247 g/mol. The summed E-state index contributed by atoms with van der Waals surface area (Å²) in [6, 6.07) is -1.53. The molecule has 9 heteroatoms. The molecule has 0 aliphatic carbocycles. The molecule has 0 spiro atoms. The number of hydrogen-bond acceptors (Lipinski definition) is 5. The first-order chi connectivity index (χ1) is 7.86. The van der Waals surface area contributed by atoms with Crippen LogP contribution in [0.3, 0.4) is 0 Å². The van der Waals surface area contributed by atoms with E-state index in [1.165, 1.54) is 0 Å². The van der Waals surface area contributed by atoms with Crippen LogP contribution in [0.2, 0.25) is 0 Å². The minimum atomic E-state index is -1.53. The maximum absolute atomic E-state index is 11.1. The second-order valence-electron chi connectivity index (χ2n) is 3.04. The average Bonchev–Trinajstić information content (AvgIpc) is 2.24. The van der Waals surface area contributed by atoms with Crippen LogP contribution in [-0.2, 0) is 19.2 Å². The van der Waals surface area contributed by atoms with Gasteiger partial charge in [0.1, 0.15) is 6.04 Å². The largest absolute Gasteiger partial charge is 0.481 e. The number of aliphatic carboxylic acids is 2. The van der Waals surface area contributed by atoms with Crippen molar-refractivity contribution >= 4 is 23.8 Å². The van der Waals surface area contributed by atoms with Gasteiger partial charge in [0.2, 0.25) is 11.8 Å². The summed E-state index contributed by atoms with van der Waals surface area (Å²) in [5.74, 6) is -4.21. The fourth-order valence-electron chi connectivity index (χ4n) is 0.871. The van der Waals surface area contributed by atoms with Gasteiger partial charge in [-0.15, -0.1) is 0 Å². The first-order valence-corrected chi connectivity index (χ1v) is 4.57. The number of carboxylic acid groups (broad SMARTS) is 2. The fourth-order valence-corrected chi connectivity index (χ4v) is 0.871. The molecule has 0 rings (SSSR count). The standard InChI is InChI=1S/C8H13N3O6/c9-2-5(12)10-3-6(13)11-4(8(16)17)1-7(14)15/h4H,1-3,9H2,(H,10,12)(H,11,13)(H,14,15)(H,16,17)/t4-/m0/s1. The molecule has 6 N–H and O–H groups in total. The van der Waals surface area contributed by atoms with Gasteiger partial charge in [0.15, 0.2) is 0 Å². The van der Waals surface area contributed by atoms with E-state index in [4.69, 9.17) is 15.9 Å². The van der Waals surface area contributed by atoms with Crippen LogP contribution >= 0.6 is 0 Å². The molecule has 0 aliphatic heterocycles. The Hall–Kier alpha value is -2.16. The van der Waals surface area contributed by atoms with Gasteiger partial charge in [-0.1, -0.05) is 0 Å². The Labute approximate surface area is 96.0 Å². The second-order valence-corrected chi connectivity index (χ2v) is 3.04. The second kappa shape index (κ2) is 7.17. The van der Waals surface area contributed by atoms with Crippen LogP contribution < -0.4 is 16.4 Å². The van der Waals surface area contributed by atoms with E-state index in [0.29, 0.717) is 0 Å². The number of nitrogens with two attached hydrogens (primary N) is 1. The molecule has 96 valence electrons. The third kappa shape index (κ3) is 6.84. The summed E-state index contributed by atoms with van der Waals surface area (Å²) in [5.41, 5.74) is 4.96. The predicted octanol–water partition coefficient (Wildman–Crippen LogP) is -2.89. The van der Waals surface area contributed by atoms with Crippen LogP contribution in [0.5, 0.6) is 0 Å². The molecule has 9 nitrogen and oxygen atoms in total. The van der Waals surface area contributed by atoms with Crippen molar-refractivity contribution < 1.29 is 29.4 Å². The van der Waals surface area contributed by atoms with Crippen molar-refractivity contribution in [3.8, 4) is 0 Å². The summed E-state index contributed by atoms with van der Waals surface area (Å²) < 4.78 is 0. The number of amides is 2. The van der Waals surface area contributed by atoms with Gasteiger partial charge in [-0.25, -0.2) is 4.79 Å². The summed E-state index contributed by atoms with van der Waals surface area (Å²) >= 11 is 0. The molecular weight excluding hydrogens is 234 g/mol. The zero-order valence-electron chi connectivity index (χ0n) is 8.80. The number of carboxylic acids is 2. The summed E-state index contributed by atoms with van der Waals surface area (Å²) in [6.45, 7) is -0.760. The van der Waals surface area contributed by atoms with Gasteiger partial charge in [0, 0.05) is 0 Å². The molecule has 0 aromatic heterocycles. The van der Waals surface area contributed by atoms with E-state index in [9.17, 15) is 19.2 Å². The highest BCUT2D eigenvalue weighted by atomic mass is 16.4. The first kappa shape index (κ1) is 14.8. The molecule has 17 heavy (non-hydrogen) atoms. The van der Waals surface area contributed by atoms with E-state index in [2.05, 4.69) is 5.32 Å². The maximum Gasteiger partial charge on any atom is 0.326 e. The number of carbonyl (C=O) groups is 4. The Morgan fingerprint density at radius 3 is 2.12 bits per heavy atom. The molecule has 0 fully saturated rings. The van der Waals surface area contributed by atoms with E-state index in [1.54, 1.807) is 0 Å². The van der Waals surface area contributed by atoms with Crippen molar-refractivity contribution in [2.24, 2.45) is 5.73 Å². The van der Waals surface area contributed by atoms with E-state index in [-0.39, 0.29) is 6.54 Å². The molecule has 0 saturated heterocycles. The SMILES string of the molecule is NCC(=O)NCC(=O)N[C@@H](CC(=O)O)C(=O)O. The van der Waals surface area contributed by atoms with E-state index in [1.807, 2.05) is 5.32 Å². The Balaban J connectivity index is 4.17. The van der Waals surface area contributed by atoms with Crippen molar-refractivity contribution in [1.82, 2.24) is 10.6 Å². The lowest BCUT2D eigenvalue weighted by atomic mass is 10.2. The molecule has 0 bridgehead atoms. The van der Waals surface area contributed by atoms with Crippen molar-refractivity contribution in [2.75, 3.05) is 13.1 Å². The van der Waals surface area contributed by atoms with Gasteiger partial charge in [-0.3, -0.25) is 14.4 Å². The molecular formula is C8H13N3O6. The number of nitrogens with one attached hydrogen (secondary N) is 2. The molecule has 2 amide bonds. The fraction of sp³-hybridized carbons (Fsp3) is 0.500. The lowest BCUT2D eigenvalue weighted by Crippen LogP contribution is -2.47. The molecule has 1 atom stereocenters. The Morgan fingerprint density at radius 1 is 1.12 bits per heavy atom. The zero-order valence-corrected chi connectivity index (χ0v) is 8.80. The van der Waals surface area contributed by atoms with Gasteiger partial charge < -0.3 is 26.6 Å². The van der Waals surface area contributed by atoms with E-state index < -0.39 is 42.8 Å². The van der Waals surface area contributed by atoms with Crippen LogP contribution in [0.25, 0.3) is 0 Å². The maximum atomic E-state index is 11.1. The lowest BCUT2D eigenvalue weighted by Gasteiger charge is -2.12. The molecule has 0 aromatic rings. The molecule has 0 saturated carbocycles. The number of carbonyl (C=O) groups excluding carboxylic acids is 2. The van der Waals surface area contributed by atoms with Crippen LogP contribution in [0.1, 0.15) is 6.42 Å². The normalized spacial score (nSPS) is 11.4. The minimum absolute atomic E-state index is 0.301. The smallest absolute Gasteiger partial charge is 0.326 e. The van der Waals surface area contributed by atoms with Crippen LogP contribution in [0.15, 0.2) is 0 Å². The van der Waals surface area contributed by atoms with Crippen LogP contribution in [0, 0.1) is 0 Å². The van der Waals surface area contributed by atoms with Crippen molar-refractivity contribution in [2.45, 2.75) is 12.5 Å². The van der Waals surface area contributed by atoms with E-state index >= 15 is 0 Å². The highest BCUT2D eigenvalue weighted by molar-refractivity contribution is 5.89.